The monoisotopic (exact) mass is 352 g/mol. The number of nitrogens with one attached hydrogen (secondary N) is 2. The van der Waals surface area contributed by atoms with Crippen LogP contribution in [0.15, 0.2) is 54.9 Å². The fraction of sp³-hybridized carbons (Fsp3) is 0.300. The standard InChI is InChI=1S/C20H21ClN4/c21-14-4-9-17-18(10-12-22-19(17)13-14)24-15-5-7-16(8-6-15)25-20-3-1-2-11-23-20/h1-4,9-13,15-16H,5-8H2,(H,22,24)(H,23,25)/t15-,16+. The molecule has 128 valence electrons. The van der Waals surface area contributed by atoms with Gasteiger partial charge in [-0.3, -0.25) is 4.98 Å². The molecule has 1 aliphatic rings. The predicted octanol–water partition coefficient (Wildman–Crippen LogP) is 5.12. The summed E-state index contributed by atoms with van der Waals surface area (Å²) in [5.41, 5.74) is 2.07. The van der Waals surface area contributed by atoms with Crippen molar-refractivity contribution in [1.82, 2.24) is 9.97 Å². The molecule has 1 fully saturated rings. The van der Waals surface area contributed by atoms with Crippen LogP contribution in [0.4, 0.5) is 11.5 Å². The largest absolute Gasteiger partial charge is 0.382 e. The van der Waals surface area contributed by atoms with E-state index in [4.69, 9.17) is 11.6 Å². The smallest absolute Gasteiger partial charge is 0.126 e. The molecule has 5 heteroatoms. The molecule has 0 aliphatic heterocycles. The highest BCUT2D eigenvalue weighted by Crippen LogP contribution is 2.28. The van der Waals surface area contributed by atoms with E-state index in [1.54, 1.807) is 0 Å². The van der Waals surface area contributed by atoms with Crippen molar-refractivity contribution >= 4 is 34.0 Å². The van der Waals surface area contributed by atoms with E-state index in [-0.39, 0.29) is 0 Å². The SMILES string of the molecule is Clc1ccc2c(N[C@H]3CC[C@@H](Nc4ccccn4)CC3)ccnc2c1. The number of aromatic nitrogens is 2. The maximum atomic E-state index is 6.07. The first kappa shape index (κ1) is 16.2. The van der Waals surface area contributed by atoms with Crippen LogP contribution in [0.25, 0.3) is 10.9 Å². The molecule has 0 amide bonds. The average Bonchev–Trinajstić information content (AvgIpc) is 2.64. The third-order valence-corrected chi connectivity index (χ3v) is 5.04. The van der Waals surface area contributed by atoms with Crippen molar-refractivity contribution in [2.45, 2.75) is 37.8 Å². The Hall–Kier alpha value is -2.33. The zero-order valence-corrected chi connectivity index (χ0v) is 14.7. The molecule has 2 aromatic heterocycles. The van der Waals surface area contributed by atoms with Crippen LogP contribution in [0.1, 0.15) is 25.7 Å². The maximum Gasteiger partial charge on any atom is 0.126 e. The molecule has 0 unspecified atom stereocenters. The van der Waals surface area contributed by atoms with E-state index in [1.165, 1.54) is 0 Å². The molecule has 1 saturated carbocycles. The number of rotatable bonds is 4. The van der Waals surface area contributed by atoms with Crippen molar-refractivity contribution < 1.29 is 0 Å². The first-order valence-electron chi connectivity index (χ1n) is 8.76. The second-order valence-corrected chi connectivity index (χ2v) is 7.01. The summed E-state index contributed by atoms with van der Waals surface area (Å²) in [5, 5.41) is 9.08. The number of benzene rings is 1. The summed E-state index contributed by atoms with van der Waals surface area (Å²) in [6.07, 6.45) is 8.24. The highest BCUT2D eigenvalue weighted by atomic mass is 35.5. The molecule has 0 saturated heterocycles. The van der Waals surface area contributed by atoms with E-state index >= 15 is 0 Å². The van der Waals surface area contributed by atoms with E-state index in [9.17, 15) is 0 Å². The number of hydrogen-bond acceptors (Lipinski definition) is 4. The van der Waals surface area contributed by atoms with Gasteiger partial charge in [-0.15, -0.1) is 0 Å². The van der Waals surface area contributed by atoms with Crippen molar-refractivity contribution in [3.8, 4) is 0 Å². The number of pyridine rings is 2. The Morgan fingerprint density at radius 1 is 0.840 bits per heavy atom. The lowest BCUT2D eigenvalue weighted by atomic mass is 9.91. The molecule has 4 nitrogen and oxygen atoms in total. The van der Waals surface area contributed by atoms with E-state index in [0.29, 0.717) is 12.1 Å². The fourth-order valence-electron chi connectivity index (χ4n) is 3.51. The first-order chi connectivity index (χ1) is 12.3. The van der Waals surface area contributed by atoms with Gasteiger partial charge in [-0.2, -0.15) is 0 Å². The van der Waals surface area contributed by atoms with Gasteiger partial charge in [0.2, 0.25) is 0 Å². The van der Waals surface area contributed by atoms with Crippen LogP contribution in [0.3, 0.4) is 0 Å². The Morgan fingerprint density at radius 3 is 2.40 bits per heavy atom. The van der Waals surface area contributed by atoms with Gasteiger partial charge in [-0.25, -0.2) is 4.98 Å². The molecule has 0 spiro atoms. The molecule has 0 radical (unpaired) electrons. The summed E-state index contributed by atoms with van der Waals surface area (Å²) in [7, 11) is 0. The quantitative estimate of drug-likeness (QED) is 0.684. The molecule has 3 aromatic rings. The van der Waals surface area contributed by atoms with E-state index in [2.05, 4.69) is 26.7 Å². The highest BCUT2D eigenvalue weighted by Gasteiger charge is 2.21. The van der Waals surface area contributed by atoms with Gasteiger partial charge in [0.25, 0.3) is 0 Å². The molecule has 25 heavy (non-hydrogen) atoms. The van der Waals surface area contributed by atoms with Gasteiger partial charge in [-0.1, -0.05) is 17.7 Å². The lowest BCUT2D eigenvalue weighted by Crippen LogP contribution is -2.32. The van der Waals surface area contributed by atoms with Gasteiger partial charge in [0.15, 0.2) is 0 Å². The molecule has 4 rings (SSSR count). The fourth-order valence-corrected chi connectivity index (χ4v) is 3.67. The molecule has 2 N–H and O–H groups in total. The molecular weight excluding hydrogens is 332 g/mol. The lowest BCUT2D eigenvalue weighted by molar-refractivity contribution is 0.428. The number of fused-ring (bicyclic) bond motifs is 1. The predicted molar refractivity (Wildman–Crippen MR) is 104 cm³/mol. The van der Waals surface area contributed by atoms with Crippen LogP contribution in [0, 0.1) is 0 Å². The van der Waals surface area contributed by atoms with E-state index < -0.39 is 0 Å². The van der Waals surface area contributed by atoms with Crippen LogP contribution >= 0.6 is 11.6 Å². The zero-order valence-electron chi connectivity index (χ0n) is 14.0. The number of nitrogens with zero attached hydrogens (tertiary/aromatic N) is 2. The van der Waals surface area contributed by atoms with Crippen LogP contribution in [0.2, 0.25) is 5.02 Å². The Kier molecular flexibility index (Phi) is 4.70. The van der Waals surface area contributed by atoms with E-state index in [1.807, 2.05) is 48.8 Å². The summed E-state index contributed by atoms with van der Waals surface area (Å²) in [5.74, 6) is 0.968. The molecule has 2 heterocycles. The minimum absolute atomic E-state index is 0.489. The summed E-state index contributed by atoms with van der Waals surface area (Å²) in [6.45, 7) is 0. The average molecular weight is 353 g/mol. The summed E-state index contributed by atoms with van der Waals surface area (Å²) >= 11 is 6.07. The maximum absolute atomic E-state index is 6.07. The van der Waals surface area contributed by atoms with Gasteiger partial charge < -0.3 is 10.6 Å². The molecule has 0 atom stereocenters. The Morgan fingerprint density at radius 2 is 1.64 bits per heavy atom. The first-order valence-corrected chi connectivity index (χ1v) is 9.14. The minimum atomic E-state index is 0.489. The minimum Gasteiger partial charge on any atom is -0.382 e. The topological polar surface area (TPSA) is 49.8 Å². The van der Waals surface area contributed by atoms with Crippen LogP contribution in [-0.4, -0.2) is 22.1 Å². The van der Waals surface area contributed by atoms with Gasteiger partial charge in [0.1, 0.15) is 5.82 Å². The van der Waals surface area contributed by atoms with Crippen molar-refractivity contribution in [2.75, 3.05) is 10.6 Å². The Labute approximate surface area is 152 Å². The van der Waals surface area contributed by atoms with Gasteiger partial charge >= 0.3 is 0 Å². The lowest BCUT2D eigenvalue weighted by Gasteiger charge is -2.30. The molecule has 1 aromatic carbocycles. The van der Waals surface area contributed by atoms with Crippen molar-refractivity contribution in [3.63, 3.8) is 0 Å². The van der Waals surface area contributed by atoms with Crippen molar-refractivity contribution in [1.29, 1.82) is 0 Å². The summed E-state index contributed by atoms with van der Waals surface area (Å²) < 4.78 is 0. The third-order valence-electron chi connectivity index (χ3n) is 4.81. The second kappa shape index (κ2) is 7.28. The van der Waals surface area contributed by atoms with Crippen LogP contribution < -0.4 is 10.6 Å². The van der Waals surface area contributed by atoms with Gasteiger partial charge in [0.05, 0.1) is 5.52 Å². The zero-order chi connectivity index (χ0) is 17.1. The normalized spacial score (nSPS) is 20.4. The van der Waals surface area contributed by atoms with Crippen molar-refractivity contribution in [2.24, 2.45) is 0 Å². The Bertz CT molecular complexity index is 845. The van der Waals surface area contributed by atoms with Crippen molar-refractivity contribution in [3.05, 3.63) is 59.9 Å². The summed E-state index contributed by atoms with van der Waals surface area (Å²) in [6, 6.07) is 14.9. The second-order valence-electron chi connectivity index (χ2n) is 6.57. The number of anilines is 2. The molecule has 1 aliphatic carbocycles. The van der Waals surface area contributed by atoms with Crippen LogP contribution in [0.5, 0.6) is 0 Å². The summed E-state index contributed by atoms with van der Waals surface area (Å²) in [4.78, 5) is 8.77. The Balaban J connectivity index is 1.39. The molecular formula is C20H21ClN4. The van der Waals surface area contributed by atoms with Gasteiger partial charge in [-0.05, 0) is 62.1 Å². The van der Waals surface area contributed by atoms with Gasteiger partial charge in [0, 0.05) is 40.6 Å². The van der Waals surface area contributed by atoms with Crippen LogP contribution in [-0.2, 0) is 0 Å². The van der Waals surface area contributed by atoms with E-state index in [0.717, 1.165) is 53.1 Å². The molecule has 0 bridgehead atoms. The number of hydrogen-bond donors (Lipinski definition) is 2. The highest BCUT2D eigenvalue weighted by molar-refractivity contribution is 6.31. The number of halogens is 1. The third kappa shape index (κ3) is 3.85.